The maximum absolute atomic E-state index is 12.9. The molecule has 3 nitrogen and oxygen atoms in total. The van der Waals surface area contributed by atoms with Gasteiger partial charge >= 0.3 is 0 Å². The highest BCUT2D eigenvalue weighted by atomic mass is 16.3. The summed E-state index contributed by atoms with van der Waals surface area (Å²) in [5.74, 6) is 1.95. The molecule has 4 fully saturated rings. The van der Waals surface area contributed by atoms with Crippen LogP contribution in [0.25, 0.3) is 0 Å². The monoisotopic (exact) mass is 472 g/mol. The second-order valence-corrected chi connectivity index (χ2v) is 14.8. The topological polar surface area (TPSA) is 57.5 Å². The zero-order valence-corrected chi connectivity index (χ0v) is 23.3. The molecule has 0 spiro atoms. The van der Waals surface area contributed by atoms with Crippen molar-refractivity contribution in [3.8, 4) is 0 Å². The van der Waals surface area contributed by atoms with Crippen molar-refractivity contribution in [1.82, 2.24) is 0 Å². The zero-order chi connectivity index (χ0) is 25.5. The molecule has 0 saturated heterocycles. The van der Waals surface area contributed by atoms with Crippen LogP contribution >= 0.6 is 0 Å². The lowest BCUT2D eigenvalue weighted by Gasteiger charge is -2.69. The van der Waals surface area contributed by atoms with Crippen LogP contribution in [0.2, 0.25) is 0 Å². The number of aliphatic hydroxyl groups excluding tert-OH is 1. The number of aliphatic hydroxyl groups is 2. The van der Waals surface area contributed by atoms with E-state index in [9.17, 15) is 15.0 Å². The second-order valence-electron chi connectivity index (χ2n) is 14.8. The highest BCUT2D eigenvalue weighted by Gasteiger charge is 2.71. The van der Waals surface area contributed by atoms with Crippen molar-refractivity contribution >= 4 is 5.78 Å². The summed E-state index contributed by atoms with van der Waals surface area (Å²) in [6.45, 7) is 22.4. The molecule has 0 amide bonds. The van der Waals surface area contributed by atoms with E-state index in [2.05, 4.69) is 55.0 Å². The van der Waals surface area contributed by atoms with E-state index in [4.69, 9.17) is 0 Å². The molecule has 0 heterocycles. The third-order valence-corrected chi connectivity index (χ3v) is 12.7. The van der Waals surface area contributed by atoms with Crippen molar-refractivity contribution in [2.45, 2.75) is 125 Å². The molecule has 4 rings (SSSR count). The smallest absolute Gasteiger partial charge is 0.138 e. The van der Waals surface area contributed by atoms with E-state index in [0.717, 1.165) is 51.4 Å². The Morgan fingerprint density at radius 3 is 2.29 bits per heavy atom. The number of fused-ring (bicyclic) bond motifs is 5. The van der Waals surface area contributed by atoms with E-state index in [0.29, 0.717) is 30.0 Å². The fourth-order valence-corrected chi connectivity index (χ4v) is 10.1. The number of rotatable bonds is 5. The van der Waals surface area contributed by atoms with Gasteiger partial charge < -0.3 is 10.2 Å². The Hall–Kier alpha value is -0.670. The van der Waals surface area contributed by atoms with Crippen LogP contribution in [0.15, 0.2) is 12.2 Å². The number of Topliss-reactive ketones (excluding diaryl/α,β-unsaturated/α-hetero) is 1. The number of carbonyl (C=O) groups excluding carboxylic acids is 1. The predicted octanol–water partition coefficient (Wildman–Crippen LogP) is 6.95. The fraction of sp³-hybridized carbons (Fsp3) is 0.903. The maximum atomic E-state index is 12.9. The second kappa shape index (κ2) is 8.17. The number of allylic oxidation sites excluding steroid dienone is 1. The van der Waals surface area contributed by atoms with Gasteiger partial charge in [0.1, 0.15) is 5.78 Å². The molecule has 2 N–H and O–H groups in total. The lowest BCUT2D eigenvalue weighted by Crippen LogP contribution is -2.66. The van der Waals surface area contributed by atoms with Crippen LogP contribution in [0.5, 0.6) is 0 Å². The average molecular weight is 473 g/mol. The first kappa shape index (κ1) is 26.4. The van der Waals surface area contributed by atoms with Gasteiger partial charge in [0.15, 0.2) is 0 Å². The fourth-order valence-electron chi connectivity index (χ4n) is 10.1. The van der Waals surface area contributed by atoms with Crippen molar-refractivity contribution in [3.63, 3.8) is 0 Å². The van der Waals surface area contributed by atoms with Gasteiger partial charge in [-0.1, -0.05) is 60.6 Å². The van der Waals surface area contributed by atoms with Crippen LogP contribution in [0.1, 0.15) is 113 Å². The summed E-state index contributed by atoms with van der Waals surface area (Å²) in [5, 5.41) is 23.5. The first-order valence-corrected chi connectivity index (χ1v) is 14.1. The summed E-state index contributed by atoms with van der Waals surface area (Å²) >= 11 is 0. The van der Waals surface area contributed by atoms with Crippen LogP contribution < -0.4 is 0 Å². The lowest BCUT2D eigenvalue weighted by molar-refractivity contribution is -0.232. The molecule has 34 heavy (non-hydrogen) atoms. The Morgan fingerprint density at radius 2 is 1.68 bits per heavy atom. The summed E-state index contributed by atoms with van der Waals surface area (Å²) in [7, 11) is 0. The highest BCUT2D eigenvalue weighted by molar-refractivity contribution is 5.85. The van der Waals surface area contributed by atoms with Crippen LogP contribution in [-0.4, -0.2) is 27.7 Å². The molecule has 0 radical (unpaired) electrons. The minimum absolute atomic E-state index is 0.0125. The molecule has 0 aliphatic heterocycles. The largest absolute Gasteiger partial charge is 0.393 e. The van der Waals surface area contributed by atoms with Gasteiger partial charge in [0.25, 0.3) is 0 Å². The summed E-state index contributed by atoms with van der Waals surface area (Å²) in [5.41, 5.74) is 0.388. The van der Waals surface area contributed by atoms with E-state index < -0.39 is 5.60 Å². The number of carbonyl (C=O) groups is 1. The molecule has 0 aromatic rings. The summed E-state index contributed by atoms with van der Waals surface area (Å²) in [6.07, 6.45) is 7.97. The average Bonchev–Trinajstić information content (AvgIpc) is 3.12. The lowest BCUT2D eigenvalue weighted by atomic mass is 9.35. The number of hydrogen-bond acceptors (Lipinski definition) is 3. The minimum Gasteiger partial charge on any atom is -0.393 e. The van der Waals surface area contributed by atoms with Gasteiger partial charge in [-0.2, -0.15) is 0 Å². The van der Waals surface area contributed by atoms with Gasteiger partial charge in [-0.15, -0.1) is 0 Å². The van der Waals surface area contributed by atoms with Crippen molar-refractivity contribution in [1.29, 1.82) is 0 Å². The molecule has 194 valence electrons. The normalized spacial score (nSPS) is 47.5. The van der Waals surface area contributed by atoms with Gasteiger partial charge in [-0.05, 0) is 104 Å². The van der Waals surface area contributed by atoms with Crippen molar-refractivity contribution in [2.75, 3.05) is 0 Å². The van der Waals surface area contributed by atoms with Gasteiger partial charge in [0.05, 0.1) is 11.7 Å². The van der Waals surface area contributed by atoms with E-state index in [1.165, 1.54) is 5.57 Å². The van der Waals surface area contributed by atoms with Crippen LogP contribution in [-0.2, 0) is 4.79 Å². The Labute approximate surface area is 209 Å². The van der Waals surface area contributed by atoms with Gasteiger partial charge in [-0.25, -0.2) is 0 Å². The van der Waals surface area contributed by atoms with Crippen molar-refractivity contribution < 1.29 is 15.0 Å². The standard InChI is InChI=1S/C31H52O3/c1-19(2)20(3)10-17-31(9,34)21-11-15-30(8)26(21)22(32)18-24-28(6)14-13-25(33)27(4,5)23(28)12-16-29(24,30)7/h19,21-24,26,32,34H,3,10-18H2,1-2,4-9H3. The third kappa shape index (κ3) is 3.53. The molecule has 0 aromatic heterocycles. The van der Waals surface area contributed by atoms with Crippen LogP contribution in [0, 0.1) is 51.2 Å². The van der Waals surface area contributed by atoms with Crippen LogP contribution in [0.3, 0.4) is 0 Å². The maximum Gasteiger partial charge on any atom is 0.138 e. The number of ketones is 1. The van der Waals surface area contributed by atoms with E-state index in [1.54, 1.807) is 0 Å². The first-order chi connectivity index (χ1) is 15.5. The van der Waals surface area contributed by atoms with E-state index in [1.807, 2.05) is 6.92 Å². The molecular weight excluding hydrogens is 420 g/mol. The Balaban J connectivity index is 1.65. The predicted molar refractivity (Wildman–Crippen MR) is 139 cm³/mol. The summed E-state index contributed by atoms with van der Waals surface area (Å²) in [4.78, 5) is 12.9. The van der Waals surface area contributed by atoms with E-state index in [-0.39, 0.29) is 39.6 Å². The SMILES string of the molecule is C=C(CCC(C)(O)C1CCC2(C)C1C(O)CC1C3(C)CCC(=O)C(C)(C)C3CCC12C)C(C)C. The molecule has 3 heteroatoms. The molecule has 4 aliphatic rings. The molecule has 0 bridgehead atoms. The Kier molecular flexibility index (Phi) is 6.34. The molecule has 0 aromatic carbocycles. The zero-order valence-electron chi connectivity index (χ0n) is 23.3. The molecule has 9 unspecified atom stereocenters. The summed E-state index contributed by atoms with van der Waals surface area (Å²) < 4.78 is 0. The Morgan fingerprint density at radius 1 is 1.06 bits per heavy atom. The molecule has 4 aliphatic carbocycles. The first-order valence-electron chi connectivity index (χ1n) is 14.1. The highest BCUT2D eigenvalue weighted by Crippen LogP contribution is 2.75. The van der Waals surface area contributed by atoms with E-state index >= 15 is 0 Å². The molecular formula is C31H52O3. The summed E-state index contributed by atoms with van der Waals surface area (Å²) in [6, 6.07) is 0. The molecule has 9 atom stereocenters. The quantitative estimate of drug-likeness (QED) is 0.425. The van der Waals surface area contributed by atoms with Gasteiger partial charge in [0, 0.05) is 11.8 Å². The van der Waals surface area contributed by atoms with Gasteiger partial charge in [0.2, 0.25) is 0 Å². The number of hydrogen-bond donors (Lipinski definition) is 2. The minimum atomic E-state index is -0.787. The Bertz CT molecular complexity index is 840. The van der Waals surface area contributed by atoms with Crippen LogP contribution in [0.4, 0.5) is 0 Å². The third-order valence-electron chi connectivity index (χ3n) is 12.7. The van der Waals surface area contributed by atoms with Crippen molar-refractivity contribution in [3.05, 3.63) is 12.2 Å². The van der Waals surface area contributed by atoms with Crippen molar-refractivity contribution in [2.24, 2.45) is 51.2 Å². The molecule has 4 saturated carbocycles. The van der Waals surface area contributed by atoms with Gasteiger partial charge in [-0.3, -0.25) is 4.79 Å².